The van der Waals surface area contributed by atoms with Crippen molar-refractivity contribution in [2.45, 2.75) is 31.7 Å². The van der Waals surface area contributed by atoms with E-state index in [9.17, 15) is 4.79 Å². The van der Waals surface area contributed by atoms with E-state index >= 15 is 0 Å². The lowest BCUT2D eigenvalue weighted by molar-refractivity contribution is -0.120. The summed E-state index contributed by atoms with van der Waals surface area (Å²) >= 11 is 3.57. The number of aromatic amines is 1. The molecule has 25 heavy (non-hydrogen) atoms. The fraction of sp³-hybridized carbons (Fsp3) is 0.286. The summed E-state index contributed by atoms with van der Waals surface area (Å²) in [4.78, 5) is 17.4. The van der Waals surface area contributed by atoms with Gasteiger partial charge in [0.25, 0.3) is 0 Å². The lowest BCUT2D eigenvalue weighted by Crippen LogP contribution is -2.32. The first-order valence-corrected chi connectivity index (χ1v) is 9.60. The quantitative estimate of drug-likeness (QED) is 0.604. The molecule has 1 heterocycles. The van der Waals surface area contributed by atoms with Crippen molar-refractivity contribution in [2.75, 3.05) is 6.54 Å². The van der Waals surface area contributed by atoms with Gasteiger partial charge in [0.05, 0.1) is 6.04 Å². The lowest BCUT2D eigenvalue weighted by Gasteiger charge is -2.31. The Balaban J connectivity index is 1.62. The minimum atomic E-state index is 0.149. The van der Waals surface area contributed by atoms with Crippen LogP contribution in [0.3, 0.4) is 0 Å². The van der Waals surface area contributed by atoms with Crippen molar-refractivity contribution in [1.29, 1.82) is 0 Å². The molecule has 1 unspecified atom stereocenters. The molecule has 0 saturated carbocycles. The van der Waals surface area contributed by atoms with Gasteiger partial charge in [-0.1, -0.05) is 46.3 Å². The minimum absolute atomic E-state index is 0.149. The number of rotatable bonds is 5. The number of hydrogen-bond donors (Lipinski definition) is 1. The molecule has 1 amide bonds. The van der Waals surface area contributed by atoms with E-state index in [1.807, 2.05) is 11.0 Å². The SMILES string of the molecule is O=CN(CCc1ccccc1)C1CCCc2c1[nH]c1ccc(Br)cc21. The Bertz CT molecular complexity index is 888. The Hall–Kier alpha value is -2.07. The van der Waals surface area contributed by atoms with Crippen LogP contribution in [0.25, 0.3) is 10.9 Å². The lowest BCUT2D eigenvalue weighted by atomic mass is 9.90. The van der Waals surface area contributed by atoms with Crippen LogP contribution in [-0.4, -0.2) is 22.8 Å². The normalized spacial score (nSPS) is 16.6. The van der Waals surface area contributed by atoms with Crippen LogP contribution in [0.15, 0.2) is 53.0 Å². The smallest absolute Gasteiger partial charge is 0.210 e. The van der Waals surface area contributed by atoms with E-state index in [4.69, 9.17) is 0 Å². The number of aromatic nitrogens is 1. The molecule has 1 N–H and O–H groups in total. The number of nitrogens with one attached hydrogen (secondary N) is 1. The number of nitrogens with zero attached hydrogens (tertiary/aromatic N) is 1. The number of benzene rings is 2. The fourth-order valence-electron chi connectivity index (χ4n) is 3.93. The zero-order chi connectivity index (χ0) is 17.2. The van der Waals surface area contributed by atoms with Crippen molar-refractivity contribution in [3.63, 3.8) is 0 Å². The summed E-state index contributed by atoms with van der Waals surface area (Å²) in [5, 5.41) is 1.28. The molecule has 0 saturated heterocycles. The first kappa shape index (κ1) is 16.4. The molecule has 0 bridgehead atoms. The van der Waals surface area contributed by atoms with Crippen molar-refractivity contribution in [3.05, 3.63) is 69.8 Å². The number of fused-ring (bicyclic) bond motifs is 3. The zero-order valence-electron chi connectivity index (χ0n) is 14.0. The van der Waals surface area contributed by atoms with Gasteiger partial charge in [-0.15, -0.1) is 0 Å². The van der Waals surface area contributed by atoms with Gasteiger partial charge in [0.2, 0.25) is 6.41 Å². The van der Waals surface area contributed by atoms with E-state index in [0.717, 1.165) is 48.6 Å². The van der Waals surface area contributed by atoms with Crippen molar-refractivity contribution >= 4 is 33.2 Å². The molecular formula is C21H21BrN2O. The van der Waals surface area contributed by atoms with E-state index in [-0.39, 0.29) is 6.04 Å². The molecule has 0 radical (unpaired) electrons. The molecule has 0 aliphatic heterocycles. The van der Waals surface area contributed by atoms with Crippen molar-refractivity contribution in [3.8, 4) is 0 Å². The molecule has 4 heteroatoms. The van der Waals surface area contributed by atoms with Gasteiger partial charge in [0.1, 0.15) is 0 Å². The highest BCUT2D eigenvalue weighted by Gasteiger charge is 2.28. The minimum Gasteiger partial charge on any atom is -0.356 e. The molecule has 1 atom stereocenters. The third kappa shape index (κ3) is 3.23. The van der Waals surface area contributed by atoms with Gasteiger partial charge in [-0.2, -0.15) is 0 Å². The molecule has 2 aromatic carbocycles. The maximum absolute atomic E-state index is 11.8. The molecule has 1 aliphatic carbocycles. The second-order valence-electron chi connectivity index (χ2n) is 6.69. The summed E-state index contributed by atoms with van der Waals surface area (Å²) < 4.78 is 1.10. The number of carbonyl (C=O) groups excluding carboxylic acids is 1. The van der Waals surface area contributed by atoms with Crippen LogP contribution in [0.1, 0.15) is 35.7 Å². The predicted octanol–water partition coefficient (Wildman–Crippen LogP) is 5.01. The molecule has 3 aromatic rings. The van der Waals surface area contributed by atoms with Crippen LogP contribution < -0.4 is 0 Å². The average Bonchev–Trinajstić information content (AvgIpc) is 3.02. The first-order chi connectivity index (χ1) is 12.3. The van der Waals surface area contributed by atoms with Gasteiger partial charge in [0.15, 0.2) is 0 Å². The monoisotopic (exact) mass is 396 g/mol. The van der Waals surface area contributed by atoms with Crippen molar-refractivity contribution in [2.24, 2.45) is 0 Å². The van der Waals surface area contributed by atoms with Crippen LogP contribution in [0.5, 0.6) is 0 Å². The standard InChI is InChI=1S/C21H21BrN2O/c22-16-9-10-19-18(13-16)17-7-4-8-20(21(17)23-19)24(14-25)12-11-15-5-2-1-3-6-15/h1-3,5-6,9-10,13-14,20,23H,4,7-8,11-12H2. The predicted molar refractivity (Wildman–Crippen MR) is 105 cm³/mol. The molecule has 128 valence electrons. The van der Waals surface area contributed by atoms with Gasteiger partial charge in [-0.25, -0.2) is 0 Å². The summed E-state index contributed by atoms with van der Waals surface area (Å²) in [5.74, 6) is 0. The maximum atomic E-state index is 11.8. The summed E-state index contributed by atoms with van der Waals surface area (Å²) in [6.07, 6.45) is 5.12. The first-order valence-electron chi connectivity index (χ1n) is 8.81. The Morgan fingerprint density at radius 2 is 2.04 bits per heavy atom. The summed E-state index contributed by atoms with van der Waals surface area (Å²) in [5.41, 5.74) is 5.03. The van der Waals surface area contributed by atoms with E-state index in [0.29, 0.717) is 0 Å². The van der Waals surface area contributed by atoms with Crippen molar-refractivity contribution in [1.82, 2.24) is 9.88 Å². The Morgan fingerprint density at radius 1 is 1.20 bits per heavy atom. The van der Waals surface area contributed by atoms with Crippen LogP contribution in [0, 0.1) is 0 Å². The molecule has 3 nitrogen and oxygen atoms in total. The maximum Gasteiger partial charge on any atom is 0.210 e. The number of aryl methyl sites for hydroxylation is 1. The number of amides is 1. The number of H-pyrrole nitrogens is 1. The Kier molecular flexibility index (Phi) is 4.62. The molecule has 4 rings (SSSR count). The van der Waals surface area contributed by atoms with Gasteiger partial charge in [0, 0.05) is 27.6 Å². The zero-order valence-corrected chi connectivity index (χ0v) is 15.6. The summed E-state index contributed by atoms with van der Waals surface area (Å²) in [6, 6.07) is 16.9. The van der Waals surface area contributed by atoms with Gasteiger partial charge < -0.3 is 9.88 Å². The van der Waals surface area contributed by atoms with E-state index in [1.165, 1.54) is 22.2 Å². The van der Waals surface area contributed by atoms with Gasteiger partial charge in [-0.3, -0.25) is 4.79 Å². The van der Waals surface area contributed by atoms with E-state index < -0.39 is 0 Å². The highest BCUT2D eigenvalue weighted by molar-refractivity contribution is 9.10. The number of carbonyl (C=O) groups is 1. The van der Waals surface area contributed by atoms with E-state index in [2.05, 4.69) is 63.4 Å². The fourth-order valence-corrected chi connectivity index (χ4v) is 4.29. The third-order valence-electron chi connectivity index (χ3n) is 5.18. The summed E-state index contributed by atoms with van der Waals surface area (Å²) in [7, 11) is 0. The number of hydrogen-bond acceptors (Lipinski definition) is 1. The topological polar surface area (TPSA) is 36.1 Å². The highest BCUT2D eigenvalue weighted by atomic mass is 79.9. The highest BCUT2D eigenvalue weighted by Crippen LogP contribution is 2.38. The van der Waals surface area contributed by atoms with Gasteiger partial charge in [-0.05, 0) is 55.0 Å². The van der Waals surface area contributed by atoms with Gasteiger partial charge >= 0.3 is 0 Å². The second-order valence-corrected chi connectivity index (χ2v) is 7.61. The second kappa shape index (κ2) is 7.04. The van der Waals surface area contributed by atoms with Crippen LogP contribution in [0.2, 0.25) is 0 Å². The average molecular weight is 397 g/mol. The number of halogens is 1. The third-order valence-corrected chi connectivity index (χ3v) is 5.67. The van der Waals surface area contributed by atoms with E-state index in [1.54, 1.807) is 0 Å². The summed E-state index contributed by atoms with van der Waals surface area (Å²) in [6.45, 7) is 0.747. The largest absolute Gasteiger partial charge is 0.356 e. The van der Waals surface area contributed by atoms with Crippen molar-refractivity contribution < 1.29 is 4.79 Å². The Morgan fingerprint density at radius 3 is 2.84 bits per heavy atom. The molecular weight excluding hydrogens is 376 g/mol. The molecule has 1 aromatic heterocycles. The van der Waals surface area contributed by atoms with Crippen LogP contribution >= 0.6 is 15.9 Å². The molecule has 0 spiro atoms. The van der Waals surface area contributed by atoms with Crippen LogP contribution in [0.4, 0.5) is 0 Å². The van der Waals surface area contributed by atoms with Crippen LogP contribution in [-0.2, 0) is 17.6 Å². The Labute approximate surface area is 156 Å². The molecule has 1 aliphatic rings. The molecule has 0 fully saturated rings.